The van der Waals surface area contributed by atoms with E-state index in [0.717, 1.165) is 22.9 Å². The van der Waals surface area contributed by atoms with Crippen LogP contribution in [0, 0.1) is 0 Å². The highest BCUT2D eigenvalue weighted by Crippen LogP contribution is 2.22. The predicted octanol–water partition coefficient (Wildman–Crippen LogP) is 3.16. The van der Waals surface area contributed by atoms with E-state index in [4.69, 9.17) is 16.7 Å². The number of carboxylic acids is 1. The molecule has 1 aromatic heterocycles. The van der Waals surface area contributed by atoms with Gasteiger partial charge in [-0.1, -0.05) is 31.0 Å². The van der Waals surface area contributed by atoms with Crippen LogP contribution in [0.1, 0.15) is 25.3 Å². The fourth-order valence-corrected chi connectivity index (χ4v) is 2.31. The molecule has 1 atom stereocenters. The molecule has 0 amide bonds. The van der Waals surface area contributed by atoms with Crippen molar-refractivity contribution in [2.45, 2.75) is 32.4 Å². The van der Waals surface area contributed by atoms with Crippen LogP contribution < -0.4 is 5.32 Å². The minimum Gasteiger partial charge on any atom is -0.480 e. The molecule has 102 valence electrons. The Balaban J connectivity index is 2.11. The summed E-state index contributed by atoms with van der Waals surface area (Å²) in [6, 6.07) is 5.14. The normalized spacial score (nSPS) is 12.7. The van der Waals surface area contributed by atoms with Gasteiger partial charge in [-0.2, -0.15) is 0 Å². The number of carbonyl (C=O) groups is 1. The zero-order chi connectivity index (χ0) is 13.8. The average Bonchev–Trinajstić information content (AvgIpc) is 2.76. The van der Waals surface area contributed by atoms with Crippen molar-refractivity contribution in [3.05, 3.63) is 35.0 Å². The van der Waals surface area contributed by atoms with Crippen molar-refractivity contribution < 1.29 is 9.90 Å². The van der Waals surface area contributed by atoms with Gasteiger partial charge in [-0.3, -0.25) is 4.79 Å². The SMILES string of the molecule is CCCC(NCc1c[nH]c2cc(Cl)ccc12)C(=O)O. The highest BCUT2D eigenvalue weighted by atomic mass is 35.5. The Kier molecular flexibility index (Phi) is 4.45. The third-order valence-corrected chi connectivity index (χ3v) is 3.38. The lowest BCUT2D eigenvalue weighted by molar-refractivity contribution is -0.139. The van der Waals surface area contributed by atoms with E-state index >= 15 is 0 Å². The van der Waals surface area contributed by atoms with Crippen LogP contribution in [0.15, 0.2) is 24.4 Å². The third kappa shape index (κ3) is 3.28. The fraction of sp³-hybridized carbons (Fsp3) is 0.357. The van der Waals surface area contributed by atoms with Gasteiger partial charge in [-0.15, -0.1) is 0 Å². The molecule has 1 aromatic carbocycles. The lowest BCUT2D eigenvalue weighted by atomic mass is 10.1. The number of carboxylic acid groups (broad SMARTS) is 1. The summed E-state index contributed by atoms with van der Waals surface area (Å²) < 4.78 is 0. The maximum Gasteiger partial charge on any atom is 0.320 e. The molecule has 1 unspecified atom stereocenters. The van der Waals surface area contributed by atoms with Gasteiger partial charge in [0.05, 0.1) is 0 Å². The molecular formula is C14H17ClN2O2. The Labute approximate surface area is 116 Å². The van der Waals surface area contributed by atoms with Gasteiger partial charge in [-0.25, -0.2) is 0 Å². The maximum absolute atomic E-state index is 11.1. The molecule has 0 saturated carbocycles. The standard InChI is InChI=1S/C14H17ClN2O2/c1-2-3-12(14(18)19)16-7-9-8-17-13-6-10(15)4-5-11(9)13/h4-6,8,12,16-17H,2-3,7H2,1H3,(H,18,19). The smallest absolute Gasteiger partial charge is 0.320 e. The van der Waals surface area contributed by atoms with Crippen molar-refractivity contribution in [3.8, 4) is 0 Å². The summed E-state index contributed by atoms with van der Waals surface area (Å²) in [5.41, 5.74) is 2.01. The van der Waals surface area contributed by atoms with E-state index in [9.17, 15) is 4.79 Å². The van der Waals surface area contributed by atoms with Crippen LogP contribution in [0.4, 0.5) is 0 Å². The average molecular weight is 281 g/mol. The van der Waals surface area contributed by atoms with E-state index < -0.39 is 12.0 Å². The quantitative estimate of drug-likeness (QED) is 0.761. The summed E-state index contributed by atoms with van der Waals surface area (Å²) in [5.74, 6) is -0.801. The van der Waals surface area contributed by atoms with Gasteiger partial charge in [0.2, 0.25) is 0 Å². The van der Waals surface area contributed by atoms with Gasteiger partial charge in [0, 0.05) is 28.7 Å². The largest absolute Gasteiger partial charge is 0.480 e. The first-order chi connectivity index (χ1) is 9.11. The van der Waals surface area contributed by atoms with Gasteiger partial charge in [0.1, 0.15) is 6.04 Å². The summed E-state index contributed by atoms with van der Waals surface area (Å²) in [4.78, 5) is 14.2. The van der Waals surface area contributed by atoms with Crippen molar-refractivity contribution >= 4 is 28.5 Å². The molecular weight excluding hydrogens is 264 g/mol. The zero-order valence-corrected chi connectivity index (χ0v) is 11.5. The Hall–Kier alpha value is -1.52. The first-order valence-electron chi connectivity index (χ1n) is 6.33. The van der Waals surface area contributed by atoms with Crippen molar-refractivity contribution in [1.29, 1.82) is 0 Å². The predicted molar refractivity (Wildman–Crippen MR) is 76.5 cm³/mol. The number of aromatic nitrogens is 1. The van der Waals surface area contributed by atoms with Crippen molar-refractivity contribution in [2.75, 3.05) is 0 Å². The topological polar surface area (TPSA) is 65.1 Å². The van der Waals surface area contributed by atoms with Crippen LogP contribution in [0.25, 0.3) is 10.9 Å². The molecule has 3 N–H and O–H groups in total. The molecule has 0 radical (unpaired) electrons. The van der Waals surface area contributed by atoms with E-state index in [1.54, 1.807) is 0 Å². The van der Waals surface area contributed by atoms with E-state index in [2.05, 4.69) is 10.3 Å². The highest BCUT2D eigenvalue weighted by molar-refractivity contribution is 6.31. The number of benzene rings is 1. The van der Waals surface area contributed by atoms with Crippen LogP contribution in [0.2, 0.25) is 5.02 Å². The molecule has 2 rings (SSSR count). The van der Waals surface area contributed by atoms with Crippen molar-refractivity contribution in [1.82, 2.24) is 10.3 Å². The number of hydrogen-bond donors (Lipinski definition) is 3. The van der Waals surface area contributed by atoms with Crippen LogP contribution >= 0.6 is 11.6 Å². The van der Waals surface area contributed by atoms with E-state index in [1.807, 2.05) is 31.3 Å². The summed E-state index contributed by atoms with van der Waals surface area (Å²) in [7, 11) is 0. The second kappa shape index (κ2) is 6.08. The number of aromatic amines is 1. The molecule has 0 fully saturated rings. The highest BCUT2D eigenvalue weighted by Gasteiger charge is 2.15. The van der Waals surface area contributed by atoms with Crippen LogP contribution in [-0.4, -0.2) is 22.1 Å². The number of rotatable bonds is 6. The minimum atomic E-state index is -0.801. The summed E-state index contributed by atoms with van der Waals surface area (Å²) >= 11 is 5.92. The fourth-order valence-electron chi connectivity index (χ4n) is 2.14. The zero-order valence-electron chi connectivity index (χ0n) is 10.7. The van der Waals surface area contributed by atoms with Gasteiger partial charge in [-0.05, 0) is 24.1 Å². The van der Waals surface area contributed by atoms with Gasteiger partial charge in [0.15, 0.2) is 0 Å². The molecule has 0 spiro atoms. The van der Waals surface area contributed by atoms with Crippen LogP contribution in [-0.2, 0) is 11.3 Å². The van der Waals surface area contributed by atoms with E-state index in [0.29, 0.717) is 18.0 Å². The van der Waals surface area contributed by atoms with E-state index in [-0.39, 0.29) is 0 Å². The molecule has 4 nitrogen and oxygen atoms in total. The monoisotopic (exact) mass is 280 g/mol. The first-order valence-corrected chi connectivity index (χ1v) is 6.71. The molecule has 0 aliphatic rings. The van der Waals surface area contributed by atoms with E-state index in [1.165, 1.54) is 0 Å². The maximum atomic E-state index is 11.1. The van der Waals surface area contributed by atoms with Crippen molar-refractivity contribution in [2.24, 2.45) is 0 Å². The molecule has 5 heteroatoms. The molecule has 1 heterocycles. The Morgan fingerprint density at radius 3 is 3.00 bits per heavy atom. The molecule has 19 heavy (non-hydrogen) atoms. The van der Waals surface area contributed by atoms with Gasteiger partial charge >= 0.3 is 5.97 Å². The number of halogens is 1. The lowest BCUT2D eigenvalue weighted by Crippen LogP contribution is -2.35. The van der Waals surface area contributed by atoms with Crippen molar-refractivity contribution in [3.63, 3.8) is 0 Å². The second-order valence-corrected chi connectivity index (χ2v) is 5.00. The lowest BCUT2D eigenvalue weighted by Gasteiger charge is -2.12. The number of nitrogens with one attached hydrogen (secondary N) is 2. The number of H-pyrrole nitrogens is 1. The molecule has 0 aliphatic heterocycles. The summed E-state index contributed by atoms with van der Waals surface area (Å²) in [5, 5.41) is 13.9. The van der Waals surface area contributed by atoms with Gasteiger partial charge in [0.25, 0.3) is 0 Å². The van der Waals surface area contributed by atoms with Gasteiger partial charge < -0.3 is 15.4 Å². The molecule has 2 aromatic rings. The Morgan fingerprint density at radius 1 is 1.53 bits per heavy atom. The number of fused-ring (bicyclic) bond motifs is 1. The van der Waals surface area contributed by atoms with Crippen LogP contribution in [0.5, 0.6) is 0 Å². The van der Waals surface area contributed by atoms with Crippen LogP contribution in [0.3, 0.4) is 0 Å². The summed E-state index contributed by atoms with van der Waals surface area (Å²) in [6.07, 6.45) is 3.36. The number of aliphatic carboxylic acids is 1. The Bertz CT molecular complexity index is 580. The third-order valence-electron chi connectivity index (χ3n) is 3.14. The first kappa shape index (κ1) is 13.9. The Morgan fingerprint density at radius 2 is 2.32 bits per heavy atom. The second-order valence-electron chi connectivity index (χ2n) is 4.56. The minimum absolute atomic E-state index is 0.498. The molecule has 0 bridgehead atoms. The number of hydrogen-bond acceptors (Lipinski definition) is 2. The molecule has 0 aliphatic carbocycles. The summed E-state index contributed by atoms with van der Waals surface area (Å²) in [6.45, 7) is 2.50. The molecule has 0 saturated heterocycles.